The highest BCUT2D eigenvalue weighted by Crippen LogP contribution is 2.05. The third kappa shape index (κ3) is 2.33. The summed E-state index contributed by atoms with van der Waals surface area (Å²) in [5.74, 6) is 0.416. The number of rotatable bonds is 3. The van der Waals surface area contributed by atoms with Gasteiger partial charge in [0, 0.05) is 11.8 Å². The lowest BCUT2D eigenvalue weighted by Gasteiger charge is -2.03. The third-order valence-electron chi connectivity index (χ3n) is 1.89. The summed E-state index contributed by atoms with van der Waals surface area (Å²) in [6.07, 6.45) is 1.49. The van der Waals surface area contributed by atoms with E-state index in [9.17, 15) is 0 Å². The minimum Gasteiger partial charge on any atom is -0.364 e. The van der Waals surface area contributed by atoms with Crippen LogP contribution in [-0.4, -0.2) is 15.1 Å². The first-order chi connectivity index (χ1) is 7.78. The highest BCUT2D eigenvalue weighted by Gasteiger charge is 2.02. The van der Waals surface area contributed by atoms with Crippen molar-refractivity contribution in [1.29, 1.82) is 5.26 Å². The molecule has 0 radical (unpaired) electrons. The van der Waals surface area contributed by atoms with Gasteiger partial charge >= 0.3 is 0 Å². The average molecular weight is 215 g/mol. The van der Waals surface area contributed by atoms with Crippen molar-refractivity contribution in [2.45, 2.75) is 13.5 Å². The highest BCUT2D eigenvalue weighted by atomic mass is 16.5. The molecule has 0 aliphatic rings. The van der Waals surface area contributed by atoms with Gasteiger partial charge in [-0.25, -0.2) is 9.97 Å². The summed E-state index contributed by atoms with van der Waals surface area (Å²) in [5.41, 5.74) is 1.84. The average Bonchev–Trinajstić information content (AvgIpc) is 2.78. The second-order valence-electron chi connectivity index (χ2n) is 3.17. The molecule has 2 heterocycles. The van der Waals surface area contributed by atoms with E-state index in [2.05, 4.69) is 25.0 Å². The molecule has 0 spiro atoms. The van der Waals surface area contributed by atoms with Gasteiger partial charge in [0.1, 0.15) is 23.7 Å². The predicted molar refractivity (Wildman–Crippen MR) is 55.3 cm³/mol. The number of nitrogens with one attached hydrogen (secondary N) is 1. The molecule has 2 rings (SSSR count). The van der Waals surface area contributed by atoms with Crippen molar-refractivity contribution in [2.24, 2.45) is 0 Å². The lowest BCUT2D eigenvalue weighted by Crippen LogP contribution is -2.05. The van der Waals surface area contributed by atoms with Crippen LogP contribution < -0.4 is 5.32 Å². The molecular formula is C10H9N5O. The fourth-order valence-electron chi connectivity index (χ4n) is 1.20. The van der Waals surface area contributed by atoms with Crippen LogP contribution in [0.2, 0.25) is 0 Å². The Kier molecular flexibility index (Phi) is 2.78. The molecule has 0 saturated heterocycles. The van der Waals surface area contributed by atoms with Crippen molar-refractivity contribution < 1.29 is 4.52 Å². The van der Waals surface area contributed by atoms with Crippen molar-refractivity contribution in [3.05, 3.63) is 35.5 Å². The molecule has 6 nitrogen and oxygen atoms in total. The summed E-state index contributed by atoms with van der Waals surface area (Å²) < 4.78 is 4.69. The summed E-state index contributed by atoms with van der Waals surface area (Å²) in [6.45, 7) is 2.27. The standard InChI is InChI=1S/C10H9N5O/c1-7-4-9(5-11)14-10(13-7)12-6-8-2-3-16-15-8/h2-4H,6H2,1H3,(H,12,13,14). The van der Waals surface area contributed by atoms with E-state index < -0.39 is 0 Å². The van der Waals surface area contributed by atoms with Crippen LogP contribution in [0.25, 0.3) is 0 Å². The molecule has 0 unspecified atom stereocenters. The zero-order valence-electron chi connectivity index (χ0n) is 8.64. The van der Waals surface area contributed by atoms with Crippen LogP contribution >= 0.6 is 0 Å². The molecule has 0 aliphatic heterocycles. The molecule has 0 saturated carbocycles. The van der Waals surface area contributed by atoms with Crippen molar-refractivity contribution in [1.82, 2.24) is 15.1 Å². The smallest absolute Gasteiger partial charge is 0.224 e. The number of hydrogen-bond acceptors (Lipinski definition) is 6. The van der Waals surface area contributed by atoms with E-state index in [0.717, 1.165) is 11.4 Å². The van der Waals surface area contributed by atoms with Gasteiger partial charge in [0.15, 0.2) is 0 Å². The van der Waals surface area contributed by atoms with Gasteiger partial charge in [-0.1, -0.05) is 5.16 Å². The molecule has 0 fully saturated rings. The number of aromatic nitrogens is 3. The first-order valence-corrected chi connectivity index (χ1v) is 4.67. The van der Waals surface area contributed by atoms with E-state index in [4.69, 9.17) is 5.26 Å². The van der Waals surface area contributed by atoms with E-state index in [1.54, 1.807) is 12.1 Å². The minimum atomic E-state index is 0.343. The molecule has 0 bridgehead atoms. The van der Waals surface area contributed by atoms with Gasteiger partial charge in [0.05, 0.1) is 6.54 Å². The topological polar surface area (TPSA) is 87.6 Å². The monoisotopic (exact) mass is 215 g/mol. The minimum absolute atomic E-state index is 0.343. The summed E-state index contributed by atoms with van der Waals surface area (Å²) in [5, 5.41) is 15.4. The summed E-state index contributed by atoms with van der Waals surface area (Å²) in [7, 11) is 0. The van der Waals surface area contributed by atoms with Crippen LogP contribution in [-0.2, 0) is 6.54 Å². The summed E-state index contributed by atoms with van der Waals surface area (Å²) in [4.78, 5) is 8.16. The quantitative estimate of drug-likeness (QED) is 0.829. The van der Waals surface area contributed by atoms with E-state index in [1.165, 1.54) is 6.26 Å². The fourth-order valence-corrected chi connectivity index (χ4v) is 1.20. The molecule has 0 aliphatic carbocycles. The molecule has 6 heteroatoms. The Bertz CT molecular complexity index is 515. The van der Waals surface area contributed by atoms with E-state index in [-0.39, 0.29) is 0 Å². The SMILES string of the molecule is Cc1cc(C#N)nc(NCc2ccon2)n1. The predicted octanol–water partition coefficient (Wildman–Crippen LogP) is 1.26. The maximum absolute atomic E-state index is 8.74. The van der Waals surface area contributed by atoms with Gasteiger partial charge < -0.3 is 9.84 Å². The normalized spacial score (nSPS) is 9.75. The van der Waals surface area contributed by atoms with Crippen molar-refractivity contribution in [3.63, 3.8) is 0 Å². The lowest BCUT2D eigenvalue weighted by molar-refractivity contribution is 0.412. The van der Waals surface area contributed by atoms with Crippen molar-refractivity contribution >= 4 is 5.95 Å². The second kappa shape index (κ2) is 4.40. The Hall–Kier alpha value is -2.42. The van der Waals surface area contributed by atoms with Gasteiger partial charge in [-0.2, -0.15) is 5.26 Å². The second-order valence-corrected chi connectivity index (χ2v) is 3.17. The third-order valence-corrected chi connectivity index (χ3v) is 1.89. The van der Waals surface area contributed by atoms with E-state index in [1.807, 2.05) is 13.0 Å². The Morgan fingerprint density at radius 1 is 1.50 bits per heavy atom. The molecule has 0 aromatic carbocycles. The highest BCUT2D eigenvalue weighted by molar-refractivity contribution is 5.33. The molecule has 1 N–H and O–H groups in total. The van der Waals surface area contributed by atoms with Crippen LogP contribution in [0.4, 0.5) is 5.95 Å². The number of anilines is 1. The van der Waals surface area contributed by atoms with Crippen LogP contribution in [0.5, 0.6) is 0 Å². The van der Waals surface area contributed by atoms with Gasteiger partial charge in [0.2, 0.25) is 5.95 Å². The summed E-state index contributed by atoms with van der Waals surface area (Å²) >= 11 is 0. The molecular weight excluding hydrogens is 206 g/mol. The number of nitrogens with zero attached hydrogens (tertiary/aromatic N) is 4. The zero-order chi connectivity index (χ0) is 11.4. The molecule has 80 valence electrons. The molecule has 0 amide bonds. The zero-order valence-corrected chi connectivity index (χ0v) is 8.64. The van der Waals surface area contributed by atoms with Gasteiger partial charge in [-0.05, 0) is 13.0 Å². The van der Waals surface area contributed by atoms with E-state index in [0.29, 0.717) is 18.2 Å². The molecule has 2 aromatic rings. The van der Waals surface area contributed by atoms with Crippen LogP contribution in [0.15, 0.2) is 22.9 Å². The number of hydrogen-bond donors (Lipinski definition) is 1. The maximum atomic E-state index is 8.74. The largest absolute Gasteiger partial charge is 0.364 e. The van der Waals surface area contributed by atoms with E-state index >= 15 is 0 Å². The van der Waals surface area contributed by atoms with Crippen LogP contribution in [0.3, 0.4) is 0 Å². The van der Waals surface area contributed by atoms with Gasteiger partial charge in [-0.15, -0.1) is 0 Å². The number of aryl methyl sites for hydroxylation is 1. The fraction of sp³-hybridized carbons (Fsp3) is 0.200. The Balaban J connectivity index is 2.10. The van der Waals surface area contributed by atoms with Crippen LogP contribution in [0.1, 0.15) is 17.1 Å². The van der Waals surface area contributed by atoms with Crippen molar-refractivity contribution in [2.75, 3.05) is 5.32 Å². The molecule has 0 atom stereocenters. The first-order valence-electron chi connectivity index (χ1n) is 4.67. The van der Waals surface area contributed by atoms with Crippen LogP contribution in [0, 0.1) is 18.3 Å². The lowest BCUT2D eigenvalue weighted by atomic mass is 10.3. The Morgan fingerprint density at radius 2 is 2.38 bits per heavy atom. The number of nitriles is 1. The van der Waals surface area contributed by atoms with Crippen molar-refractivity contribution in [3.8, 4) is 6.07 Å². The Labute approximate surface area is 91.9 Å². The van der Waals surface area contributed by atoms with Gasteiger partial charge in [0.25, 0.3) is 0 Å². The molecule has 2 aromatic heterocycles. The Morgan fingerprint density at radius 3 is 3.06 bits per heavy atom. The molecule has 16 heavy (non-hydrogen) atoms. The summed E-state index contributed by atoms with van der Waals surface area (Å²) in [6, 6.07) is 5.35. The first kappa shape index (κ1) is 10.1. The maximum Gasteiger partial charge on any atom is 0.224 e. The van der Waals surface area contributed by atoms with Gasteiger partial charge in [-0.3, -0.25) is 0 Å².